The number of rotatable bonds is 2. The number of nitrogens with zero attached hydrogens (tertiary/aromatic N) is 2. The van der Waals surface area contributed by atoms with Crippen molar-refractivity contribution in [3.05, 3.63) is 63.2 Å². The summed E-state index contributed by atoms with van der Waals surface area (Å²) < 4.78 is 12.9. The molecule has 0 aliphatic rings. The molecule has 0 spiro atoms. The molecule has 0 aliphatic heterocycles. The van der Waals surface area contributed by atoms with Crippen LogP contribution < -0.4 is 0 Å². The second-order valence-corrected chi connectivity index (χ2v) is 11.2. The molecule has 2 heterocycles. The summed E-state index contributed by atoms with van der Waals surface area (Å²) in [5, 5.41) is 14.4. The van der Waals surface area contributed by atoms with Gasteiger partial charge >= 0.3 is 0 Å². The zero-order valence-corrected chi connectivity index (χ0v) is 21.4. The predicted octanol–water partition coefficient (Wildman–Crippen LogP) is 7.94. The van der Waals surface area contributed by atoms with E-state index in [1.54, 1.807) is 24.3 Å². The summed E-state index contributed by atoms with van der Waals surface area (Å²) in [5.41, 5.74) is 12.8. The first-order valence-corrected chi connectivity index (χ1v) is 11.8. The van der Waals surface area contributed by atoms with Gasteiger partial charge in [-0.05, 0) is 35.1 Å². The van der Waals surface area contributed by atoms with Gasteiger partial charge in [-0.25, -0.2) is 5.53 Å². The van der Waals surface area contributed by atoms with Gasteiger partial charge in [-0.2, -0.15) is 0 Å². The number of amides is 1. The van der Waals surface area contributed by atoms with Gasteiger partial charge in [-0.15, -0.1) is 5.11 Å². The summed E-state index contributed by atoms with van der Waals surface area (Å²) in [4.78, 5) is 29.9. The number of nitrogens with one attached hydrogen (secondary N) is 3. The molecule has 0 fully saturated rings. The van der Waals surface area contributed by atoms with Crippen molar-refractivity contribution < 1.29 is 18.6 Å². The number of H-pyrrole nitrogens is 2. The average Bonchev–Trinajstić information content (AvgIpc) is 2.81. The first-order valence-electron chi connectivity index (χ1n) is 11.8. The minimum absolute atomic E-state index is 0.0598. The summed E-state index contributed by atoms with van der Waals surface area (Å²) >= 11 is 0. The lowest BCUT2D eigenvalue weighted by Gasteiger charge is -2.28. The molecule has 0 radical (unpaired) electrons. The molecule has 10 heteroatoms. The van der Waals surface area contributed by atoms with Crippen LogP contribution in [0, 0.1) is 15.6 Å². The fourth-order valence-corrected chi connectivity index (χ4v) is 4.79. The summed E-state index contributed by atoms with van der Waals surface area (Å²) in [6.07, 6.45) is 0. The Kier molecular flexibility index (Phi) is 5.25. The standard InChI is InChI=1S/C27H27N5O5/c1-26(2,3)19-22-24(37-18-12-14(32(34)35)8-10-16(18)30-22)20(27(4,5)6)21-23(19)36-17-11-13(25(33)31-28)7-9-15(17)29-21/h7-12,28-30H,1-6H3. The van der Waals surface area contributed by atoms with Crippen LogP contribution in [-0.2, 0) is 10.8 Å². The topological polar surface area (TPSA) is 154 Å². The van der Waals surface area contributed by atoms with E-state index in [0.717, 1.165) is 22.2 Å². The molecule has 3 aromatic carbocycles. The van der Waals surface area contributed by atoms with Crippen molar-refractivity contribution in [1.82, 2.24) is 9.97 Å². The van der Waals surface area contributed by atoms with Gasteiger partial charge in [0.15, 0.2) is 22.3 Å². The van der Waals surface area contributed by atoms with Gasteiger partial charge in [0.1, 0.15) is 0 Å². The molecule has 0 atom stereocenters. The van der Waals surface area contributed by atoms with Crippen LogP contribution in [0.4, 0.5) is 5.69 Å². The lowest BCUT2D eigenvalue weighted by atomic mass is 9.79. The molecular formula is C27H27N5O5. The summed E-state index contributed by atoms with van der Waals surface area (Å²) in [5.74, 6) is -0.658. The highest BCUT2D eigenvalue weighted by atomic mass is 16.6. The van der Waals surface area contributed by atoms with Crippen molar-refractivity contribution in [2.24, 2.45) is 5.11 Å². The van der Waals surface area contributed by atoms with Gasteiger partial charge in [0.2, 0.25) is 0 Å². The molecule has 0 aliphatic carbocycles. The highest BCUT2D eigenvalue weighted by Crippen LogP contribution is 2.44. The Labute approximate surface area is 211 Å². The number of carbonyl (C=O) groups is 1. The smallest absolute Gasteiger partial charge is 0.294 e. The number of benzene rings is 3. The number of non-ortho nitro benzene ring substituents is 1. The van der Waals surface area contributed by atoms with Crippen molar-refractivity contribution >= 4 is 56.0 Å². The lowest BCUT2D eigenvalue weighted by Crippen LogP contribution is -2.19. The molecule has 2 aromatic heterocycles. The first kappa shape index (κ1) is 24.2. The number of hydrogen-bond donors (Lipinski definition) is 3. The van der Waals surface area contributed by atoms with Crippen LogP contribution in [0.1, 0.15) is 63.0 Å². The third-order valence-electron chi connectivity index (χ3n) is 6.36. The van der Waals surface area contributed by atoms with E-state index < -0.39 is 21.7 Å². The minimum atomic E-state index is -0.658. The van der Waals surface area contributed by atoms with E-state index in [9.17, 15) is 14.9 Å². The largest absolute Gasteiger partial charge is 0.453 e. The molecule has 5 aromatic rings. The third-order valence-corrected chi connectivity index (χ3v) is 6.36. The molecule has 0 saturated heterocycles. The minimum Gasteiger partial charge on any atom is -0.453 e. The van der Waals surface area contributed by atoms with E-state index in [2.05, 4.69) is 56.6 Å². The Bertz CT molecular complexity index is 1820. The van der Waals surface area contributed by atoms with E-state index in [4.69, 9.17) is 14.4 Å². The Morgan fingerprint density at radius 1 is 0.865 bits per heavy atom. The molecule has 0 unspecified atom stereocenters. The lowest BCUT2D eigenvalue weighted by molar-refractivity contribution is -0.384. The van der Waals surface area contributed by atoms with Crippen molar-refractivity contribution in [3.8, 4) is 0 Å². The molecule has 1 amide bonds. The van der Waals surface area contributed by atoms with Gasteiger partial charge < -0.3 is 18.8 Å². The van der Waals surface area contributed by atoms with E-state index in [1.165, 1.54) is 12.1 Å². The maximum atomic E-state index is 12.0. The van der Waals surface area contributed by atoms with Crippen molar-refractivity contribution in [1.29, 1.82) is 5.53 Å². The summed E-state index contributed by atoms with van der Waals surface area (Å²) in [6, 6.07) is 9.38. The monoisotopic (exact) mass is 501 g/mol. The maximum Gasteiger partial charge on any atom is 0.294 e. The number of aromatic amines is 2. The molecule has 3 N–H and O–H groups in total. The van der Waals surface area contributed by atoms with Gasteiger partial charge in [0.25, 0.3) is 11.6 Å². The second kappa shape index (κ2) is 8.02. The van der Waals surface area contributed by atoms with E-state index in [-0.39, 0.29) is 11.3 Å². The first-order chi connectivity index (χ1) is 17.3. The molecule has 190 valence electrons. The Morgan fingerprint density at radius 2 is 1.35 bits per heavy atom. The van der Waals surface area contributed by atoms with E-state index in [1.807, 2.05) is 0 Å². The Hall–Kier alpha value is -4.47. The Morgan fingerprint density at radius 3 is 1.81 bits per heavy atom. The van der Waals surface area contributed by atoms with Gasteiger partial charge in [0.05, 0.1) is 33.1 Å². The summed E-state index contributed by atoms with van der Waals surface area (Å²) in [7, 11) is 0. The third kappa shape index (κ3) is 3.94. The molecule has 0 saturated carbocycles. The van der Waals surface area contributed by atoms with Crippen LogP contribution >= 0.6 is 0 Å². The molecule has 10 nitrogen and oxygen atoms in total. The number of fused-ring (bicyclic) bond motifs is 4. The number of nitro benzene ring substituents is 1. The van der Waals surface area contributed by atoms with Crippen molar-refractivity contribution in [2.45, 2.75) is 52.4 Å². The molecular weight excluding hydrogens is 474 g/mol. The number of carbonyl (C=O) groups excluding carboxylic acids is 1. The molecule has 37 heavy (non-hydrogen) atoms. The normalized spacial score (nSPS) is 12.5. The maximum absolute atomic E-state index is 12.0. The van der Waals surface area contributed by atoms with E-state index in [0.29, 0.717) is 33.4 Å². The van der Waals surface area contributed by atoms with E-state index >= 15 is 0 Å². The quantitative estimate of drug-likeness (QED) is 0.0969. The molecule has 0 bridgehead atoms. The fraction of sp³-hybridized carbons (Fsp3) is 0.296. The predicted molar refractivity (Wildman–Crippen MR) is 141 cm³/mol. The SMILES string of the molecule is CC(C)(C)c1c2[nH]c3ccc([N+](=O)[O-])cc3oc2c(C(C)(C)C)c2[nH]c3ccc(C(=O)N=N)cc3oc12. The van der Waals surface area contributed by atoms with Crippen molar-refractivity contribution in [2.75, 3.05) is 0 Å². The van der Waals surface area contributed by atoms with Gasteiger partial charge in [-0.3, -0.25) is 14.9 Å². The fourth-order valence-electron chi connectivity index (χ4n) is 4.79. The van der Waals surface area contributed by atoms with Crippen LogP contribution in [-0.4, -0.2) is 20.8 Å². The van der Waals surface area contributed by atoms with Crippen molar-refractivity contribution in [3.63, 3.8) is 0 Å². The van der Waals surface area contributed by atoms with Crippen LogP contribution in [0.15, 0.2) is 50.3 Å². The summed E-state index contributed by atoms with van der Waals surface area (Å²) in [6.45, 7) is 12.3. The van der Waals surface area contributed by atoms with Gasteiger partial charge in [-0.1, -0.05) is 41.5 Å². The number of aromatic nitrogens is 2. The van der Waals surface area contributed by atoms with Gasteiger partial charge in [0, 0.05) is 22.8 Å². The average molecular weight is 502 g/mol. The van der Waals surface area contributed by atoms with Crippen LogP contribution in [0.5, 0.6) is 0 Å². The molecule has 5 rings (SSSR count). The highest BCUT2D eigenvalue weighted by molar-refractivity contribution is 6.03. The second-order valence-electron chi connectivity index (χ2n) is 11.2. The number of hydrogen-bond acceptors (Lipinski definition) is 6. The van der Waals surface area contributed by atoms with Crippen LogP contribution in [0.2, 0.25) is 0 Å². The van der Waals surface area contributed by atoms with Crippen LogP contribution in [0.25, 0.3) is 44.4 Å². The number of nitro groups is 1. The zero-order chi connectivity index (χ0) is 26.9. The van der Waals surface area contributed by atoms with Crippen LogP contribution in [0.3, 0.4) is 0 Å². The Balaban J connectivity index is 2.03. The zero-order valence-electron chi connectivity index (χ0n) is 21.4. The highest BCUT2D eigenvalue weighted by Gasteiger charge is 2.32.